The maximum absolute atomic E-state index is 8.64. The van der Waals surface area contributed by atoms with E-state index in [1.165, 1.54) is 6.08 Å². The van der Waals surface area contributed by atoms with Crippen LogP contribution in [0.2, 0.25) is 0 Å². The molecule has 0 saturated carbocycles. The first kappa shape index (κ1) is 10.7. The van der Waals surface area contributed by atoms with Crippen LogP contribution in [0.1, 0.15) is 5.56 Å². The normalized spacial score (nSPS) is 9.06. The predicted octanol–water partition coefficient (Wildman–Crippen LogP) is 2.30. The van der Waals surface area contributed by atoms with Crippen molar-refractivity contribution in [1.82, 2.24) is 9.78 Å². The van der Waals surface area contributed by atoms with Crippen molar-refractivity contribution in [2.24, 2.45) is 0 Å². The minimum Gasteiger partial charge on any atom is -0.240 e. The number of para-hydroxylation sites is 1. The van der Waals surface area contributed by atoms with E-state index in [1.807, 2.05) is 42.5 Å². The fourth-order valence-corrected chi connectivity index (χ4v) is 1.39. The summed E-state index contributed by atoms with van der Waals surface area (Å²) in [6.07, 6.45) is 4.89. The number of hydrogen-bond donors (Lipinski definition) is 0. The Balaban J connectivity index is 2.33. The molecule has 0 unspecified atom stereocenters. The van der Waals surface area contributed by atoms with Crippen LogP contribution in [0.3, 0.4) is 0 Å². The zero-order valence-electron chi connectivity index (χ0n) is 8.91. The van der Waals surface area contributed by atoms with Gasteiger partial charge in [-0.1, -0.05) is 18.2 Å². The van der Waals surface area contributed by atoms with Crippen molar-refractivity contribution in [2.45, 2.75) is 0 Å². The van der Waals surface area contributed by atoms with Gasteiger partial charge < -0.3 is 0 Å². The van der Waals surface area contributed by atoms with E-state index >= 15 is 0 Å². The fraction of sp³-hybridized carbons (Fsp3) is 0. The number of nitrogens with zero attached hydrogens (tertiary/aromatic N) is 4. The van der Waals surface area contributed by atoms with Gasteiger partial charge in [0.2, 0.25) is 0 Å². The maximum atomic E-state index is 8.64. The highest BCUT2D eigenvalue weighted by Gasteiger charge is 1.99. The zero-order chi connectivity index (χ0) is 12.1. The van der Waals surface area contributed by atoms with Gasteiger partial charge in [-0.05, 0) is 18.2 Å². The molecule has 0 aliphatic rings. The summed E-state index contributed by atoms with van der Waals surface area (Å²) in [6.45, 7) is 0. The van der Waals surface area contributed by atoms with E-state index in [2.05, 4.69) is 5.10 Å². The number of benzene rings is 1. The summed E-state index contributed by atoms with van der Waals surface area (Å²) < 4.78 is 1.69. The summed E-state index contributed by atoms with van der Waals surface area (Å²) >= 11 is 0. The van der Waals surface area contributed by atoms with Crippen molar-refractivity contribution in [3.63, 3.8) is 0 Å². The summed E-state index contributed by atoms with van der Waals surface area (Å²) in [5.41, 5.74) is 1.73. The van der Waals surface area contributed by atoms with Gasteiger partial charge in [0.05, 0.1) is 11.9 Å². The van der Waals surface area contributed by atoms with Crippen LogP contribution in [0, 0.1) is 22.7 Å². The molecule has 1 aromatic carbocycles. The van der Waals surface area contributed by atoms with Gasteiger partial charge in [-0.3, -0.25) is 0 Å². The predicted molar refractivity (Wildman–Crippen MR) is 62.8 cm³/mol. The topological polar surface area (TPSA) is 65.4 Å². The molecule has 0 amide bonds. The molecule has 0 radical (unpaired) electrons. The average molecular weight is 220 g/mol. The van der Waals surface area contributed by atoms with Crippen LogP contribution in [-0.4, -0.2) is 9.78 Å². The minimum atomic E-state index is 0.0672. The van der Waals surface area contributed by atoms with Gasteiger partial charge in [0.1, 0.15) is 17.7 Å². The van der Waals surface area contributed by atoms with Crippen LogP contribution in [-0.2, 0) is 0 Å². The van der Waals surface area contributed by atoms with Crippen LogP contribution < -0.4 is 0 Å². The second-order valence-corrected chi connectivity index (χ2v) is 3.34. The van der Waals surface area contributed by atoms with E-state index in [4.69, 9.17) is 10.5 Å². The van der Waals surface area contributed by atoms with E-state index in [1.54, 1.807) is 17.1 Å². The molecule has 0 fully saturated rings. The van der Waals surface area contributed by atoms with Crippen LogP contribution in [0.25, 0.3) is 11.8 Å². The quantitative estimate of drug-likeness (QED) is 0.729. The largest absolute Gasteiger partial charge is 0.240 e. The molecular formula is C13H8N4. The molecule has 0 saturated heterocycles. The Kier molecular flexibility index (Phi) is 3.00. The standard InChI is InChI=1S/C13H8N4/c14-7-11(8-15)6-12-9-16-17(10-12)13-4-2-1-3-5-13/h1-6,9-10H. The van der Waals surface area contributed by atoms with Crippen LogP contribution >= 0.6 is 0 Å². The van der Waals surface area contributed by atoms with Gasteiger partial charge in [0.25, 0.3) is 0 Å². The van der Waals surface area contributed by atoms with Crippen LogP contribution in [0.5, 0.6) is 0 Å². The third-order valence-electron chi connectivity index (χ3n) is 2.18. The zero-order valence-corrected chi connectivity index (χ0v) is 8.91. The van der Waals surface area contributed by atoms with Gasteiger partial charge in [0, 0.05) is 11.8 Å². The molecule has 2 aromatic rings. The molecule has 4 nitrogen and oxygen atoms in total. The Morgan fingerprint density at radius 2 is 1.88 bits per heavy atom. The van der Waals surface area contributed by atoms with Crippen molar-refractivity contribution in [1.29, 1.82) is 10.5 Å². The number of allylic oxidation sites excluding steroid dienone is 1. The molecule has 0 aliphatic carbocycles. The second kappa shape index (κ2) is 4.78. The summed E-state index contributed by atoms with van der Waals surface area (Å²) in [5, 5.41) is 21.4. The molecule has 2 rings (SSSR count). The average Bonchev–Trinajstić information content (AvgIpc) is 2.85. The molecule has 1 heterocycles. The Labute approximate surface area is 98.7 Å². The van der Waals surface area contributed by atoms with E-state index in [-0.39, 0.29) is 5.57 Å². The molecule has 0 aliphatic heterocycles. The van der Waals surface area contributed by atoms with Crippen LogP contribution in [0.4, 0.5) is 0 Å². The third kappa shape index (κ3) is 2.39. The van der Waals surface area contributed by atoms with Crippen molar-refractivity contribution in [3.05, 3.63) is 53.9 Å². The highest BCUT2D eigenvalue weighted by atomic mass is 15.3. The first-order valence-electron chi connectivity index (χ1n) is 4.95. The number of hydrogen-bond acceptors (Lipinski definition) is 3. The maximum Gasteiger partial charge on any atom is 0.130 e. The monoisotopic (exact) mass is 220 g/mol. The van der Waals surface area contributed by atoms with Gasteiger partial charge >= 0.3 is 0 Å². The summed E-state index contributed by atoms with van der Waals surface area (Å²) in [7, 11) is 0. The van der Waals surface area contributed by atoms with E-state index in [0.717, 1.165) is 11.3 Å². The first-order valence-corrected chi connectivity index (χ1v) is 4.95. The number of rotatable bonds is 2. The molecule has 80 valence electrons. The lowest BCUT2D eigenvalue weighted by molar-refractivity contribution is 0.880. The number of aromatic nitrogens is 2. The van der Waals surface area contributed by atoms with Crippen molar-refractivity contribution >= 4 is 6.08 Å². The lowest BCUT2D eigenvalue weighted by Crippen LogP contribution is -1.92. The van der Waals surface area contributed by atoms with Gasteiger partial charge in [-0.2, -0.15) is 15.6 Å². The molecule has 0 spiro atoms. The molecule has 17 heavy (non-hydrogen) atoms. The van der Waals surface area contributed by atoms with Crippen molar-refractivity contribution in [3.8, 4) is 17.8 Å². The van der Waals surface area contributed by atoms with Crippen molar-refractivity contribution < 1.29 is 0 Å². The minimum absolute atomic E-state index is 0.0672. The van der Waals surface area contributed by atoms with Crippen LogP contribution in [0.15, 0.2) is 48.3 Å². The van der Waals surface area contributed by atoms with E-state index in [0.29, 0.717) is 0 Å². The second-order valence-electron chi connectivity index (χ2n) is 3.34. The Morgan fingerprint density at radius 1 is 1.18 bits per heavy atom. The lowest BCUT2D eigenvalue weighted by Gasteiger charge is -1.98. The Morgan fingerprint density at radius 3 is 2.53 bits per heavy atom. The highest BCUT2D eigenvalue weighted by molar-refractivity contribution is 5.61. The molecular weight excluding hydrogens is 212 g/mol. The molecule has 0 atom stereocenters. The third-order valence-corrected chi connectivity index (χ3v) is 2.18. The summed E-state index contributed by atoms with van der Waals surface area (Å²) in [4.78, 5) is 0. The lowest BCUT2D eigenvalue weighted by atomic mass is 10.2. The van der Waals surface area contributed by atoms with Gasteiger partial charge in [0.15, 0.2) is 0 Å². The van der Waals surface area contributed by atoms with Crippen molar-refractivity contribution in [2.75, 3.05) is 0 Å². The van der Waals surface area contributed by atoms with E-state index in [9.17, 15) is 0 Å². The van der Waals surface area contributed by atoms with Gasteiger partial charge in [-0.25, -0.2) is 4.68 Å². The molecule has 0 bridgehead atoms. The molecule has 1 aromatic heterocycles. The Bertz CT molecular complexity index is 607. The van der Waals surface area contributed by atoms with Gasteiger partial charge in [-0.15, -0.1) is 0 Å². The molecule has 0 N–H and O–H groups in total. The SMILES string of the molecule is N#CC(C#N)=Cc1cnn(-c2ccccc2)c1. The summed E-state index contributed by atoms with van der Waals surface area (Å²) in [6, 6.07) is 13.2. The number of nitriles is 2. The smallest absolute Gasteiger partial charge is 0.130 e. The van der Waals surface area contributed by atoms with E-state index < -0.39 is 0 Å². The Hall–Kier alpha value is -2.85. The first-order chi connectivity index (χ1) is 8.33. The fourth-order valence-electron chi connectivity index (χ4n) is 1.39. The molecule has 4 heteroatoms. The highest BCUT2D eigenvalue weighted by Crippen LogP contribution is 2.10. The summed E-state index contributed by atoms with van der Waals surface area (Å²) in [5.74, 6) is 0.